The molecular formula is C11H23N2O3+. The van der Waals surface area contributed by atoms with E-state index in [0.717, 1.165) is 17.6 Å². The predicted octanol–water partition coefficient (Wildman–Crippen LogP) is 1.85. The van der Waals surface area contributed by atoms with Gasteiger partial charge in [-0.3, -0.25) is 0 Å². The highest BCUT2D eigenvalue weighted by Crippen LogP contribution is 2.31. The Morgan fingerprint density at radius 1 is 1.56 bits per heavy atom. The van der Waals surface area contributed by atoms with E-state index in [1.54, 1.807) is 0 Å². The van der Waals surface area contributed by atoms with Gasteiger partial charge in [0.05, 0.1) is 20.1 Å². The van der Waals surface area contributed by atoms with Gasteiger partial charge >= 0.3 is 0 Å². The van der Waals surface area contributed by atoms with E-state index in [9.17, 15) is 10.1 Å². The van der Waals surface area contributed by atoms with Gasteiger partial charge in [0, 0.05) is 5.92 Å². The lowest BCUT2D eigenvalue weighted by atomic mass is 9.91. The lowest BCUT2D eigenvalue weighted by Gasteiger charge is -2.50. The van der Waals surface area contributed by atoms with Crippen molar-refractivity contribution in [3.63, 3.8) is 0 Å². The first-order valence-corrected chi connectivity index (χ1v) is 5.89. The highest BCUT2D eigenvalue weighted by molar-refractivity contribution is 4.73. The number of hydrogen-bond acceptors (Lipinski definition) is 3. The molecule has 0 aromatic rings. The minimum Gasteiger partial charge on any atom is -0.320 e. The standard InChI is InChI=1S/C11H23N2O3/c1-10-6-5-7-13(4,8-10)11(2,3)9-16-12(14)15/h10H,5-9H2,1-4H3/q+1. The second-order valence-corrected chi connectivity index (χ2v) is 5.86. The summed E-state index contributed by atoms with van der Waals surface area (Å²) < 4.78 is 0.863. The fraction of sp³-hybridized carbons (Fsp3) is 1.00. The van der Waals surface area contributed by atoms with E-state index in [1.807, 2.05) is 0 Å². The number of piperidine rings is 1. The molecule has 0 bridgehead atoms. The summed E-state index contributed by atoms with van der Waals surface area (Å²) in [4.78, 5) is 14.8. The molecule has 1 aliphatic heterocycles. The van der Waals surface area contributed by atoms with Gasteiger partial charge in [-0.25, -0.2) is 0 Å². The van der Waals surface area contributed by atoms with Gasteiger partial charge in [0.15, 0.2) is 6.61 Å². The molecule has 0 spiro atoms. The number of likely N-dealkylation sites (tertiary alicyclic amines) is 1. The Hall–Kier alpha value is -0.840. The highest BCUT2D eigenvalue weighted by Gasteiger charge is 2.43. The van der Waals surface area contributed by atoms with E-state index < -0.39 is 5.09 Å². The van der Waals surface area contributed by atoms with Crippen LogP contribution >= 0.6 is 0 Å². The lowest BCUT2D eigenvalue weighted by molar-refractivity contribution is -0.968. The van der Waals surface area contributed by atoms with Gasteiger partial charge in [0.2, 0.25) is 0 Å². The zero-order valence-electron chi connectivity index (χ0n) is 10.7. The molecule has 16 heavy (non-hydrogen) atoms. The van der Waals surface area contributed by atoms with Gasteiger partial charge in [-0.1, -0.05) is 6.92 Å². The van der Waals surface area contributed by atoms with Gasteiger partial charge in [0.1, 0.15) is 5.54 Å². The second-order valence-electron chi connectivity index (χ2n) is 5.86. The summed E-state index contributed by atoms with van der Waals surface area (Å²) in [6.45, 7) is 8.68. The summed E-state index contributed by atoms with van der Waals surface area (Å²) in [6, 6.07) is 0. The van der Waals surface area contributed by atoms with Crippen LogP contribution in [0.3, 0.4) is 0 Å². The highest BCUT2D eigenvalue weighted by atomic mass is 16.9. The van der Waals surface area contributed by atoms with Crippen LogP contribution in [0.15, 0.2) is 0 Å². The largest absolute Gasteiger partial charge is 0.320 e. The topological polar surface area (TPSA) is 52.4 Å². The summed E-state index contributed by atoms with van der Waals surface area (Å²) in [5.41, 5.74) is -0.207. The van der Waals surface area contributed by atoms with Crippen molar-refractivity contribution < 1.29 is 14.4 Å². The van der Waals surface area contributed by atoms with E-state index in [-0.39, 0.29) is 12.1 Å². The Bertz CT molecular complexity index is 268. The molecule has 0 radical (unpaired) electrons. The Morgan fingerprint density at radius 2 is 2.19 bits per heavy atom. The smallest absolute Gasteiger partial charge is 0.294 e. The van der Waals surface area contributed by atoms with Crippen molar-refractivity contribution in [1.82, 2.24) is 0 Å². The molecule has 5 heteroatoms. The Balaban J connectivity index is 2.67. The molecule has 1 heterocycles. The minimum atomic E-state index is -0.693. The van der Waals surface area contributed by atoms with Gasteiger partial charge in [-0.2, -0.15) is 0 Å². The van der Waals surface area contributed by atoms with Crippen molar-refractivity contribution in [3.05, 3.63) is 10.1 Å². The molecule has 0 aromatic carbocycles. The molecule has 0 aliphatic carbocycles. The van der Waals surface area contributed by atoms with Crippen molar-refractivity contribution in [1.29, 1.82) is 0 Å². The Kier molecular flexibility index (Phi) is 3.78. The van der Waals surface area contributed by atoms with Gasteiger partial charge in [0.25, 0.3) is 5.09 Å². The van der Waals surface area contributed by atoms with Gasteiger partial charge in [-0.05, 0) is 26.7 Å². The van der Waals surface area contributed by atoms with Crippen molar-refractivity contribution in [2.24, 2.45) is 5.92 Å². The first-order valence-electron chi connectivity index (χ1n) is 5.89. The maximum absolute atomic E-state index is 10.3. The summed E-state index contributed by atoms with van der Waals surface area (Å²) in [7, 11) is 2.18. The fourth-order valence-corrected chi connectivity index (χ4v) is 2.58. The normalized spacial score (nSPS) is 31.1. The molecule has 2 atom stereocenters. The van der Waals surface area contributed by atoms with Crippen LogP contribution in [0.5, 0.6) is 0 Å². The molecule has 0 N–H and O–H groups in total. The minimum absolute atomic E-state index is 0.170. The van der Waals surface area contributed by atoms with Crippen LogP contribution < -0.4 is 0 Å². The molecule has 0 amide bonds. The average molecular weight is 231 g/mol. The van der Waals surface area contributed by atoms with Gasteiger partial charge in [-0.15, -0.1) is 10.1 Å². The second kappa shape index (κ2) is 4.57. The molecule has 1 aliphatic rings. The van der Waals surface area contributed by atoms with Gasteiger partial charge < -0.3 is 9.32 Å². The van der Waals surface area contributed by atoms with Crippen LogP contribution in [0.1, 0.15) is 33.6 Å². The van der Waals surface area contributed by atoms with E-state index in [0.29, 0.717) is 5.92 Å². The fourth-order valence-electron chi connectivity index (χ4n) is 2.58. The van der Waals surface area contributed by atoms with Crippen molar-refractivity contribution in [2.45, 2.75) is 39.2 Å². The van der Waals surface area contributed by atoms with Crippen LogP contribution in [-0.2, 0) is 4.84 Å². The summed E-state index contributed by atoms with van der Waals surface area (Å²) in [6.07, 6.45) is 2.46. The van der Waals surface area contributed by atoms with Crippen LogP contribution in [-0.4, -0.2) is 41.9 Å². The number of hydrogen-bond donors (Lipinski definition) is 0. The van der Waals surface area contributed by atoms with Crippen molar-refractivity contribution in [3.8, 4) is 0 Å². The van der Waals surface area contributed by atoms with Crippen LogP contribution in [0.4, 0.5) is 0 Å². The molecule has 94 valence electrons. The lowest BCUT2D eigenvalue weighted by Crippen LogP contribution is -2.64. The number of likely N-dealkylation sites (N-methyl/N-ethyl adjacent to an activating group) is 1. The number of rotatable bonds is 4. The third-order valence-electron chi connectivity index (χ3n) is 4.05. The summed E-state index contributed by atoms with van der Waals surface area (Å²) in [5, 5.41) is 9.58. The first kappa shape index (κ1) is 13.2. The first-order chi connectivity index (χ1) is 7.27. The summed E-state index contributed by atoms with van der Waals surface area (Å²) >= 11 is 0. The van der Waals surface area contributed by atoms with Crippen LogP contribution in [0, 0.1) is 16.0 Å². The molecule has 1 rings (SSSR count). The average Bonchev–Trinajstić information content (AvgIpc) is 2.14. The van der Waals surface area contributed by atoms with E-state index in [2.05, 4.69) is 32.7 Å². The van der Waals surface area contributed by atoms with Crippen LogP contribution in [0.25, 0.3) is 0 Å². The quantitative estimate of drug-likeness (QED) is 0.421. The van der Waals surface area contributed by atoms with E-state index in [4.69, 9.17) is 0 Å². The zero-order chi connectivity index (χ0) is 12.4. The monoisotopic (exact) mass is 231 g/mol. The molecular weight excluding hydrogens is 208 g/mol. The predicted molar refractivity (Wildman–Crippen MR) is 61.3 cm³/mol. The number of nitrogens with zero attached hydrogens (tertiary/aromatic N) is 2. The Morgan fingerprint density at radius 3 is 2.69 bits per heavy atom. The molecule has 1 fully saturated rings. The van der Waals surface area contributed by atoms with E-state index in [1.165, 1.54) is 12.8 Å². The SMILES string of the molecule is CC1CCC[N+](C)(C(C)(C)CO[N+](=O)[O-])C1. The van der Waals surface area contributed by atoms with Crippen LogP contribution in [0.2, 0.25) is 0 Å². The third kappa shape index (κ3) is 2.84. The molecule has 5 nitrogen and oxygen atoms in total. The molecule has 0 saturated carbocycles. The molecule has 1 saturated heterocycles. The van der Waals surface area contributed by atoms with Crippen molar-refractivity contribution in [2.75, 3.05) is 26.7 Å². The third-order valence-corrected chi connectivity index (χ3v) is 4.05. The molecule has 2 unspecified atom stereocenters. The summed E-state index contributed by atoms with van der Waals surface area (Å²) in [5.74, 6) is 0.689. The Labute approximate surface area is 97.1 Å². The maximum Gasteiger partial charge on any atom is 0.294 e. The number of quaternary nitrogens is 1. The maximum atomic E-state index is 10.3. The zero-order valence-corrected chi connectivity index (χ0v) is 10.7. The van der Waals surface area contributed by atoms with Crippen molar-refractivity contribution >= 4 is 0 Å². The molecule has 0 aromatic heterocycles. The van der Waals surface area contributed by atoms with E-state index >= 15 is 0 Å².